The molecule has 5 nitrogen and oxygen atoms in total. The van der Waals surface area contributed by atoms with Gasteiger partial charge in [0.05, 0.1) is 12.5 Å². The molecule has 0 radical (unpaired) electrons. The molecule has 2 saturated carbocycles. The third-order valence-corrected chi connectivity index (χ3v) is 5.95. The van der Waals surface area contributed by atoms with Crippen LogP contribution in [0.3, 0.4) is 0 Å². The largest absolute Gasteiger partial charge is 0.353 e. The van der Waals surface area contributed by atoms with E-state index in [0.29, 0.717) is 18.5 Å². The molecule has 140 valence electrons. The van der Waals surface area contributed by atoms with E-state index in [9.17, 15) is 9.59 Å². The number of hydrogen-bond donors (Lipinski definition) is 2. The maximum atomic E-state index is 12.7. The molecule has 3 aliphatic rings. The van der Waals surface area contributed by atoms with Gasteiger partial charge < -0.3 is 10.6 Å². The average Bonchev–Trinajstić information content (AvgIpc) is 3.40. The molecule has 2 atom stereocenters. The van der Waals surface area contributed by atoms with Crippen LogP contribution in [0.4, 0.5) is 0 Å². The molecule has 2 aliphatic carbocycles. The first-order chi connectivity index (χ1) is 11.8. The van der Waals surface area contributed by atoms with E-state index in [1.54, 1.807) is 0 Å². The number of rotatable bonds is 6. The van der Waals surface area contributed by atoms with E-state index >= 15 is 0 Å². The lowest BCUT2D eigenvalue weighted by Crippen LogP contribution is -2.48. The summed E-state index contributed by atoms with van der Waals surface area (Å²) in [6.07, 6.45) is 6.37. The average molecular weight is 348 g/mol. The zero-order valence-corrected chi connectivity index (χ0v) is 16.1. The molecule has 0 aromatic rings. The van der Waals surface area contributed by atoms with E-state index in [1.807, 2.05) is 0 Å². The monoisotopic (exact) mass is 347 g/mol. The van der Waals surface area contributed by atoms with Crippen LogP contribution >= 0.6 is 0 Å². The number of carbonyl (C=O) groups excluding carboxylic acids is 2. The van der Waals surface area contributed by atoms with Crippen molar-refractivity contribution in [2.24, 2.45) is 17.3 Å². The second-order valence-corrected chi connectivity index (χ2v) is 8.97. The van der Waals surface area contributed by atoms with Gasteiger partial charge in [-0.3, -0.25) is 14.5 Å². The summed E-state index contributed by atoms with van der Waals surface area (Å²) in [5.74, 6) is 0.820. The summed E-state index contributed by atoms with van der Waals surface area (Å²) in [5.41, 5.74) is 1.36. The Labute approximate surface area is 151 Å². The molecular weight excluding hydrogens is 314 g/mol. The molecule has 0 spiro atoms. The van der Waals surface area contributed by atoms with Crippen molar-refractivity contribution in [3.8, 4) is 0 Å². The van der Waals surface area contributed by atoms with Gasteiger partial charge in [-0.05, 0) is 50.9 Å². The molecule has 3 rings (SSSR count). The van der Waals surface area contributed by atoms with Crippen LogP contribution < -0.4 is 10.6 Å². The summed E-state index contributed by atoms with van der Waals surface area (Å²) in [5, 5.41) is 6.30. The maximum absolute atomic E-state index is 12.7. The standard InChI is InChI=1S/C20H33N3O2/c1-13(2)11-16-18(20(16,3)4)19(25)22-15-7-9-23(10-8-15)12-17(24)21-14-5-6-14/h11,14-16,18H,5-10,12H2,1-4H3,(H,21,24)(H,22,25)/t16-,18+/m1/s1. The number of allylic oxidation sites excluding steroid dienone is 2. The Morgan fingerprint density at radius 3 is 2.20 bits per heavy atom. The van der Waals surface area contributed by atoms with Crippen molar-refractivity contribution in [1.82, 2.24) is 15.5 Å². The van der Waals surface area contributed by atoms with Crippen LogP contribution in [0.1, 0.15) is 53.4 Å². The van der Waals surface area contributed by atoms with E-state index in [4.69, 9.17) is 0 Å². The van der Waals surface area contributed by atoms with Gasteiger partial charge in [-0.25, -0.2) is 0 Å². The minimum atomic E-state index is 0.0724. The van der Waals surface area contributed by atoms with Gasteiger partial charge in [0.2, 0.25) is 11.8 Å². The molecule has 0 bridgehead atoms. The highest BCUT2D eigenvalue weighted by atomic mass is 16.2. The topological polar surface area (TPSA) is 61.4 Å². The molecule has 1 aliphatic heterocycles. The van der Waals surface area contributed by atoms with Gasteiger partial charge in [-0.1, -0.05) is 25.5 Å². The van der Waals surface area contributed by atoms with Crippen LogP contribution in [0.25, 0.3) is 0 Å². The van der Waals surface area contributed by atoms with Crippen LogP contribution in [0, 0.1) is 17.3 Å². The molecule has 0 unspecified atom stereocenters. The summed E-state index contributed by atoms with van der Waals surface area (Å²) in [4.78, 5) is 26.7. The van der Waals surface area contributed by atoms with Crippen LogP contribution in [-0.2, 0) is 9.59 Å². The number of hydrogen-bond acceptors (Lipinski definition) is 3. The third-order valence-electron chi connectivity index (χ3n) is 5.95. The maximum Gasteiger partial charge on any atom is 0.234 e. The molecule has 1 heterocycles. The minimum absolute atomic E-state index is 0.0724. The summed E-state index contributed by atoms with van der Waals surface area (Å²) < 4.78 is 0. The highest BCUT2D eigenvalue weighted by Gasteiger charge is 2.60. The van der Waals surface area contributed by atoms with Crippen LogP contribution in [-0.4, -0.2) is 48.4 Å². The first-order valence-corrected chi connectivity index (χ1v) is 9.74. The normalized spacial score (nSPS) is 29.0. The van der Waals surface area contributed by atoms with Crippen molar-refractivity contribution in [1.29, 1.82) is 0 Å². The quantitative estimate of drug-likeness (QED) is 0.723. The lowest BCUT2D eigenvalue weighted by Gasteiger charge is -2.32. The van der Waals surface area contributed by atoms with Crippen LogP contribution in [0.2, 0.25) is 0 Å². The fourth-order valence-corrected chi connectivity index (χ4v) is 4.08. The number of carbonyl (C=O) groups is 2. The van der Waals surface area contributed by atoms with Gasteiger partial charge in [-0.15, -0.1) is 0 Å². The third kappa shape index (κ3) is 4.63. The molecule has 0 aromatic heterocycles. The SMILES string of the molecule is CC(C)=C[C@@H]1[C@@H](C(=O)NC2CCN(CC(=O)NC3CC3)CC2)C1(C)C. The zero-order valence-electron chi connectivity index (χ0n) is 16.1. The number of piperidine rings is 1. The van der Waals surface area contributed by atoms with Crippen molar-refractivity contribution in [2.75, 3.05) is 19.6 Å². The van der Waals surface area contributed by atoms with Gasteiger partial charge in [-0.2, -0.15) is 0 Å². The lowest BCUT2D eigenvalue weighted by molar-refractivity contribution is -0.125. The van der Waals surface area contributed by atoms with Crippen LogP contribution in [0.15, 0.2) is 11.6 Å². The molecule has 2 amide bonds. The Bertz CT molecular complexity index is 553. The second-order valence-electron chi connectivity index (χ2n) is 8.97. The molecular formula is C20H33N3O2. The summed E-state index contributed by atoms with van der Waals surface area (Å²) in [7, 11) is 0. The Morgan fingerprint density at radius 2 is 1.64 bits per heavy atom. The Hall–Kier alpha value is -1.36. The summed E-state index contributed by atoms with van der Waals surface area (Å²) in [6, 6.07) is 0.680. The molecule has 2 N–H and O–H groups in total. The lowest BCUT2D eigenvalue weighted by atomic mass is 10.0. The fourth-order valence-electron chi connectivity index (χ4n) is 4.08. The molecule has 1 saturated heterocycles. The summed E-state index contributed by atoms with van der Waals surface area (Å²) >= 11 is 0. The molecule has 5 heteroatoms. The first-order valence-electron chi connectivity index (χ1n) is 9.74. The van der Waals surface area contributed by atoms with E-state index in [0.717, 1.165) is 38.8 Å². The number of nitrogens with one attached hydrogen (secondary N) is 2. The van der Waals surface area contributed by atoms with Gasteiger partial charge in [0.1, 0.15) is 0 Å². The van der Waals surface area contributed by atoms with E-state index in [-0.39, 0.29) is 29.2 Å². The van der Waals surface area contributed by atoms with E-state index in [1.165, 1.54) is 5.57 Å². The van der Waals surface area contributed by atoms with Crippen molar-refractivity contribution >= 4 is 11.8 Å². The smallest absolute Gasteiger partial charge is 0.234 e. The van der Waals surface area contributed by atoms with Crippen molar-refractivity contribution < 1.29 is 9.59 Å². The fraction of sp³-hybridized carbons (Fsp3) is 0.800. The first kappa shape index (κ1) is 18.4. The van der Waals surface area contributed by atoms with Crippen molar-refractivity contribution in [3.05, 3.63) is 11.6 Å². The Morgan fingerprint density at radius 1 is 1.04 bits per heavy atom. The Kier molecular flexibility index (Phi) is 5.24. The summed E-state index contributed by atoms with van der Waals surface area (Å²) in [6.45, 7) is 10.8. The predicted molar refractivity (Wildman–Crippen MR) is 99.0 cm³/mol. The minimum Gasteiger partial charge on any atom is -0.353 e. The zero-order chi connectivity index (χ0) is 18.2. The number of likely N-dealkylation sites (tertiary alicyclic amines) is 1. The highest BCUT2D eigenvalue weighted by molar-refractivity contribution is 5.84. The Balaban J connectivity index is 1.40. The van der Waals surface area contributed by atoms with Crippen LogP contribution in [0.5, 0.6) is 0 Å². The van der Waals surface area contributed by atoms with E-state index in [2.05, 4.69) is 49.3 Å². The predicted octanol–water partition coefficient (Wildman–Crippen LogP) is 2.08. The van der Waals surface area contributed by atoms with Crippen molar-refractivity contribution in [3.63, 3.8) is 0 Å². The molecule has 0 aromatic carbocycles. The van der Waals surface area contributed by atoms with E-state index < -0.39 is 0 Å². The number of nitrogens with zero attached hydrogens (tertiary/aromatic N) is 1. The van der Waals surface area contributed by atoms with Gasteiger partial charge >= 0.3 is 0 Å². The molecule has 25 heavy (non-hydrogen) atoms. The van der Waals surface area contributed by atoms with Gasteiger partial charge in [0, 0.05) is 25.2 Å². The van der Waals surface area contributed by atoms with Crippen molar-refractivity contribution in [2.45, 2.75) is 65.5 Å². The number of amides is 2. The second kappa shape index (κ2) is 7.10. The van der Waals surface area contributed by atoms with Gasteiger partial charge in [0.15, 0.2) is 0 Å². The van der Waals surface area contributed by atoms with Gasteiger partial charge in [0.25, 0.3) is 0 Å². The molecule has 3 fully saturated rings. The highest BCUT2D eigenvalue weighted by Crippen LogP contribution is 2.59.